The molecule has 0 saturated heterocycles. The molecule has 1 atom stereocenters. The smallest absolute Gasteiger partial charge is 0.416 e. The summed E-state index contributed by atoms with van der Waals surface area (Å²) in [6.45, 7) is 2.66. The number of rotatable bonds is 5. The number of hydrogen-bond acceptors (Lipinski definition) is 6. The quantitative estimate of drug-likeness (QED) is 0.826. The topological polar surface area (TPSA) is 94.3 Å². The van der Waals surface area contributed by atoms with Crippen molar-refractivity contribution in [3.8, 4) is 0 Å². The number of nitrogens with zero attached hydrogens (tertiary/aromatic N) is 2. The zero-order valence-electron chi connectivity index (χ0n) is 13.3. The van der Waals surface area contributed by atoms with Gasteiger partial charge in [0.1, 0.15) is 6.54 Å². The summed E-state index contributed by atoms with van der Waals surface area (Å²) in [5.74, 6) is -0.969. The normalized spacial score (nSPS) is 12.5. The van der Waals surface area contributed by atoms with Gasteiger partial charge in [0.25, 0.3) is 11.8 Å². The molecule has 1 aromatic carbocycles. The molecule has 0 saturated carbocycles. The van der Waals surface area contributed by atoms with Crippen LogP contribution in [0.5, 0.6) is 0 Å². The minimum atomic E-state index is -4.48. The van der Waals surface area contributed by atoms with Crippen LogP contribution < -0.4 is 5.32 Å². The number of carbonyl (C=O) groups excluding carboxylic acids is 2. The lowest BCUT2D eigenvalue weighted by atomic mass is 10.1. The van der Waals surface area contributed by atoms with Crippen LogP contribution in [0.3, 0.4) is 0 Å². The Kier molecular flexibility index (Phi) is 5.40. The monoisotopic (exact) mass is 357 g/mol. The molecule has 1 amide bonds. The van der Waals surface area contributed by atoms with Crippen LogP contribution in [0.2, 0.25) is 0 Å². The molecule has 1 N–H and O–H groups in total. The average Bonchev–Trinajstić information content (AvgIpc) is 2.98. The molecule has 7 nitrogen and oxygen atoms in total. The lowest BCUT2D eigenvalue weighted by molar-refractivity contribution is -0.148. The van der Waals surface area contributed by atoms with Crippen molar-refractivity contribution in [1.82, 2.24) is 15.5 Å². The van der Waals surface area contributed by atoms with Crippen molar-refractivity contribution >= 4 is 11.9 Å². The molecule has 0 radical (unpaired) electrons. The molecular formula is C15H14F3N3O4. The van der Waals surface area contributed by atoms with Crippen molar-refractivity contribution in [3.63, 3.8) is 0 Å². The standard InChI is InChI=1S/C15H14F3N3O4/c1-8(14-20-9(2)21-25-14)24-12(22)7-19-13(23)10-3-5-11(6-4-10)15(16,17)18/h3-6,8H,7H2,1-2H3,(H,19,23). The van der Waals surface area contributed by atoms with Gasteiger partial charge in [0.2, 0.25) is 0 Å². The molecule has 25 heavy (non-hydrogen) atoms. The molecule has 0 aliphatic carbocycles. The van der Waals surface area contributed by atoms with E-state index in [9.17, 15) is 22.8 Å². The van der Waals surface area contributed by atoms with Gasteiger partial charge in [0, 0.05) is 5.56 Å². The van der Waals surface area contributed by atoms with Gasteiger partial charge in [-0.2, -0.15) is 18.2 Å². The summed E-state index contributed by atoms with van der Waals surface area (Å²) in [5.41, 5.74) is -0.881. The Morgan fingerprint density at radius 2 is 1.92 bits per heavy atom. The molecule has 0 fully saturated rings. The first kappa shape index (κ1) is 18.4. The van der Waals surface area contributed by atoms with Crippen LogP contribution >= 0.6 is 0 Å². The van der Waals surface area contributed by atoms with Gasteiger partial charge in [0.05, 0.1) is 5.56 Å². The van der Waals surface area contributed by atoms with Crippen LogP contribution in [0.15, 0.2) is 28.8 Å². The largest absolute Gasteiger partial charge is 0.451 e. The lowest BCUT2D eigenvalue weighted by Gasteiger charge is -2.10. The van der Waals surface area contributed by atoms with E-state index in [1.54, 1.807) is 6.92 Å². The highest BCUT2D eigenvalue weighted by Gasteiger charge is 2.30. The first-order valence-electron chi connectivity index (χ1n) is 7.12. The van der Waals surface area contributed by atoms with Crippen molar-refractivity contribution in [3.05, 3.63) is 47.1 Å². The molecule has 0 spiro atoms. The van der Waals surface area contributed by atoms with E-state index in [1.807, 2.05) is 0 Å². The zero-order chi connectivity index (χ0) is 18.6. The van der Waals surface area contributed by atoms with Gasteiger partial charge in [-0.1, -0.05) is 5.16 Å². The molecule has 1 aromatic heterocycles. The summed E-state index contributed by atoms with van der Waals surface area (Å²) < 4.78 is 47.2. The summed E-state index contributed by atoms with van der Waals surface area (Å²) in [6, 6.07) is 3.61. The third-order valence-corrected chi connectivity index (χ3v) is 3.07. The average molecular weight is 357 g/mol. The fourth-order valence-corrected chi connectivity index (χ4v) is 1.83. The fourth-order valence-electron chi connectivity index (χ4n) is 1.83. The van der Waals surface area contributed by atoms with Crippen LogP contribution in [-0.4, -0.2) is 28.6 Å². The van der Waals surface area contributed by atoms with Crippen LogP contribution in [-0.2, 0) is 15.7 Å². The predicted octanol–water partition coefficient (Wildman–Crippen LogP) is 2.43. The van der Waals surface area contributed by atoms with E-state index < -0.39 is 36.3 Å². The lowest BCUT2D eigenvalue weighted by Crippen LogP contribution is -2.31. The van der Waals surface area contributed by atoms with Crippen molar-refractivity contribution in [1.29, 1.82) is 0 Å². The Balaban J connectivity index is 1.85. The minimum absolute atomic E-state index is 0.0126. The van der Waals surface area contributed by atoms with Gasteiger partial charge >= 0.3 is 12.1 Å². The van der Waals surface area contributed by atoms with Gasteiger partial charge in [0.15, 0.2) is 11.9 Å². The summed E-state index contributed by atoms with van der Waals surface area (Å²) in [6.07, 6.45) is -5.28. The third-order valence-electron chi connectivity index (χ3n) is 3.07. The van der Waals surface area contributed by atoms with Crippen LogP contribution in [0, 0.1) is 6.92 Å². The third kappa shape index (κ3) is 5.03. The van der Waals surface area contributed by atoms with Crippen molar-refractivity contribution < 1.29 is 32.0 Å². The molecule has 134 valence electrons. The first-order chi connectivity index (χ1) is 11.7. The molecule has 0 bridgehead atoms. The van der Waals surface area contributed by atoms with Crippen LogP contribution in [0.4, 0.5) is 13.2 Å². The maximum Gasteiger partial charge on any atom is 0.416 e. The Morgan fingerprint density at radius 3 is 2.44 bits per heavy atom. The number of halogens is 3. The fraction of sp³-hybridized carbons (Fsp3) is 0.333. The Bertz CT molecular complexity index is 756. The van der Waals surface area contributed by atoms with Crippen LogP contribution in [0.25, 0.3) is 0 Å². The molecular weight excluding hydrogens is 343 g/mol. The maximum absolute atomic E-state index is 12.5. The maximum atomic E-state index is 12.5. The molecule has 1 heterocycles. The van der Waals surface area contributed by atoms with E-state index in [1.165, 1.54) is 6.92 Å². The highest BCUT2D eigenvalue weighted by atomic mass is 19.4. The van der Waals surface area contributed by atoms with E-state index in [0.29, 0.717) is 5.82 Å². The number of alkyl halides is 3. The predicted molar refractivity (Wildman–Crippen MR) is 77.3 cm³/mol. The molecule has 0 aliphatic rings. The molecule has 0 aliphatic heterocycles. The number of benzene rings is 1. The van der Waals surface area contributed by atoms with E-state index in [0.717, 1.165) is 24.3 Å². The van der Waals surface area contributed by atoms with Crippen molar-refractivity contribution in [2.45, 2.75) is 26.1 Å². The van der Waals surface area contributed by atoms with Gasteiger partial charge in [-0.15, -0.1) is 0 Å². The van der Waals surface area contributed by atoms with Crippen LogP contribution in [0.1, 0.15) is 40.7 Å². The number of amides is 1. The number of hydrogen-bond donors (Lipinski definition) is 1. The highest BCUT2D eigenvalue weighted by Crippen LogP contribution is 2.29. The Hall–Kier alpha value is -2.91. The number of carbonyl (C=O) groups is 2. The molecule has 2 rings (SSSR count). The van der Waals surface area contributed by atoms with Crippen molar-refractivity contribution in [2.75, 3.05) is 6.54 Å². The van der Waals surface area contributed by atoms with Gasteiger partial charge in [-0.05, 0) is 38.1 Å². The second-order valence-electron chi connectivity index (χ2n) is 5.07. The van der Waals surface area contributed by atoms with Gasteiger partial charge in [-0.25, -0.2) is 0 Å². The van der Waals surface area contributed by atoms with E-state index in [2.05, 4.69) is 15.5 Å². The summed E-state index contributed by atoms with van der Waals surface area (Å²) in [5, 5.41) is 5.81. The number of ether oxygens (including phenoxy) is 1. The first-order valence-corrected chi connectivity index (χ1v) is 7.12. The molecule has 1 unspecified atom stereocenters. The summed E-state index contributed by atoms with van der Waals surface area (Å²) in [4.78, 5) is 27.4. The number of nitrogens with one attached hydrogen (secondary N) is 1. The number of aromatic nitrogens is 2. The summed E-state index contributed by atoms with van der Waals surface area (Å²) >= 11 is 0. The second kappa shape index (κ2) is 7.32. The van der Waals surface area contributed by atoms with Gasteiger partial charge < -0.3 is 14.6 Å². The zero-order valence-corrected chi connectivity index (χ0v) is 13.3. The van der Waals surface area contributed by atoms with E-state index in [-0.39, 0.29) is 11.5 Å². The number of aryl methyl sites for hydroxylation is 1. The van der Waals surface area contributed by atoms with Crippen molar-refractivity contribution in [2.24, 2.45) is 0 Å². The SMILES string of the molecule is Cc1noc(C(C)OC(=O)CNC(=O)c2ccc(C(F)(F)F)cc2)n1. The highest BCUT2D eigenvalue weighted by molar-refractivity contribution is 5.95. The number of esters is 1. The van der Waals surface area contributed by atoms with E-state index in [4.69, 9.17) is 9.26 Å². The second-order valence-corrected chi connectivity index (χ2v) is 5.07. The minimum Gasteiger partial charge on any atom is -0.451 e. The summed E-state index contributed by atoms with van der Waals surface area (Å²) in [7, 11) is 0. The Labute approximate surface area is 140 Å². The van der Waals surface area contributed by atoms with E-state index >= 15 is 0 Å². The molecule has 2 aromatic rings. The Morgan fingerprint density at radius 1 is 1.28 bits per heavy atom. The molecule has 10 heteroatoms. The van der Waals surface area contributed by atoms with Gasteiger partial charge in [-0.3, -0.25) is 9.59 Å².